The molecule has 0 fully saturated rings. The number of aromatic nitrogens is 4. The highest BCUT2D eigenvalue weighted by Gasteiger charge is 2.13. The highest BCUT2D eigenvalue weighted by atomic mass is 35.5. The molecule has 8 heteroatoms. The Bertz CT molecular complexity index is 1170. The molecule has 0 N–H and O–H groups in total. The van der Waals surface area contributed by atoms with Crippen LogP contribution in [0.25, 0.3) is 16.7 Å². The van der Waals surface area contributed by atoms with Gasteiger partial charge in [0.15, 0.2) is 5.43 Å². The van der Waals surface area contributed by atoms with Crippen molar-refractivity contribution in [1.82, 2.24) is 19.8 Å². The van der Waals surface area contributed by atoms with Gasteiger partial charge in [-0.2, -0.15) is 9.36 Å². The first kappa shape index (κ1) is 15.3. The van der Waals surface area contributed by atoms with E-state index in [1.807, 2.05) is 0 Å². The van der Waals surface area contributed by atoms with E-state index in [1.54, 1.807) is 48.5 Å². The summed E-state index contributed by atoms with van der Waals surface area (Å²) in [5, 5.41) is 8.69. The average molecular weight is 355 g/mol. The molecule has 0 aliphatic carbocycles. The van der Waals surface area contributed by atoms with Crippen LogP contribution in [0.1, 0.15) is 5.56 Å². The zero-order valence-electron chi connectivity index (χ0n) is 12.8. The molecule has 2 aromatic heterocycles. The molecule has 0 unspecified atom stereocenters. The van der Waals surface area contributed by atoms with Crippen molar-refractivity contribution in [1.29, 1.82) is 0 Å². The molecule has 4 aromatic rings. The first-order valence-corrected chi connectivity index (χ1v) is 7.79. The minimum Gasteiger partial charge on any atom is -0.464 e. The summed E-state index contributed by atoms with van der Waals surface area (Å²) in [6.07, 6.45) is 1.35. The van der Waals surface area contributed by atoms with E-state index in [1.165, 1.54) is 6.26 Å². The predicted octanol–water partition coefficient (Wildman–Crippen LogP) is 2.24. The number of hydrogen-bond donors (Lipinski definition) is 0. The van der Waals surface area contributed by atoms with Crippen LogP contribution in [-0.4, -0.2) is 19.8 Å². The molecule has 0 radical (unpaired) electrons. The van der Waals surface area contributed by atoms with Gasteiger partial charge in [-0.25, -0.2) is 4.79 Å². The molecule has 2 aromatic carbocycles. The largest absolute Gasteiger partial charge is 0.464 e. The van der Waals surface area contributed by atoms with E-state index in [0.717, 1.165) is 9.36 Å². The minimum atomic E-state index is -0.463. The van der Waals surface area contributed by atoms with Gasteiger partial charge in [-0.3, -0.25) is 4.79 Å². The fourth-order valence-electron chi connectivity index (χ4n) is 2.51. The second-order valence-corrected chi connectivity index (χ2v) is 5.83. The first-order chi connectivity index (χ1) is 12.1. The lowest BCUT2D eigenvalue weighted by Crippen LogP contribution is -2.26. The molecule has 2 heterocycles. The molecule has 124 valence electrons. The van der Waals surface area contributed by atoms with E-state index in [2.05, 4.69) is 10.4 Å². The van der Waals surface area contributed by atoms with Crippen LogP contribution in [0.2, 0.25) is 5.02 Å². The Morgan fingerprint density at radius 1 is 1.00 bits per heavy atom. The van der Waals surface area contributed by atoms with Crippen LogP contribution in [0.5, 0.6) is 0 Å². The molecule has 0 amide bonds. The number of hydrogen-bond acceptors (Lipinski definition) is 5. The summed E-state index contributed by atoms with van der Waals surface area (Å²) in [7, 11) is 0. The zero-order chi connectivity index (χ0) is 17.4. The van der Waals surface area contributed by atoms with Gasteiger partial charge in [0, 0.05) is 5.02 Å². The Morgan fingerprint density at radius 3 is 2.56 bits per heavy atom. The van der Waals surface area contributed by atoms with Crippen LogP contribution in [0, 0.1) is 0 Å². The Hall–Kier alpha value is -3.19. The standard InChI is InChI=1S/C17H11ClN4O3/c18-12-5-7-13(8-6-12)22-17(24)21(19-20-22)9-11-10-25-15-4-2-1-3-14(15)16(11)23/h1-8,10H,9H2. The van der Waals surface area contributed by atoms with Gasteiger partial charge < -0.3 is 4.42 Å². The van der Waals surface area contributed by atoms with Crippen molar-refractivity contribution in [2.24, 2.45) is 0 Å². The summed E-state index contributed by atoms with van der Waals surface area (Å²) in [4.78, 5) is 25.0. The maximum Gasteiger partial charge on any atom is 0.368 e. The van der Waals surface area contributed by atoms with E-state index < -0.39 is 5.69 Å². The molecule has 0 aliphatic heterocycles. The van der Waals surface area contributed by atoms with Gasteiger partial charge in [0.1, 0.15) is 11.8 Å². The van der Waals surface area contributed by atoms with Crippen molar-refractivity contribution in [2.75, 3.05) is 0 Å². The van der Waals surface area contributed by atoms with Gasteiger partial charge >= 0.3 is 5.69 Å². The second-order valence-electron chi connectivity index (χ2n) is 5.39. The van der Waals surface area contributed by atoms with Gasteiger partial charge in [-0.05, 0) is 46.8 Å². The third-order valence-corrected chi connectivity index (χ3v) is 4.03. The molecule has 25 heavy (non-hydrogen) atoms. The number of fused-ring (bicyclic) bond motifs is 1. The molecule has 0 saturated heterocycles. The number of para-hydroxylation sites is 1. The van der Waals surface area contributed by atoms with Crippen LogP contribution in [0.15, 0.2) is 68.8 Å². The molecule has 7 nitrogen and oxygen atoms in total. The molecular weight excluding hydrogens is 344 g/mol. The third-order valence-electron chi connectivity index (χ3n) is 3.78. The zero-order valence-corrected chi connectivity index (χ0v) is 13.6. The van der Waals surface area contributed by atoms with Crippen molar-refractivity contribution >= 4 is 22.6 Å². The average Bonchev–Trinajstić information content (AvgIpc) is 2.99. The van der Waals surface area contributed by atoms with Crippen molar-refractivity contribution in [3.63, 3.8) is 0 Å². The van der Waals surface area contributed by atoms with Crippen molar-refractivity contribution in [2.45, 2.75) is 6.54 Å². The van der Waals surface area contributed by atoms with Crippen LogP contribution >= 0.6 is 11.6 Å². The number of nitrogens with zero attached hydrogens (tertiary/aromatic N) is 4. The summed E-state index contributed by atoms with van der Waals surface area (Å²) in [6, 6.07) is 13.6. The molecule has 0 saturated carbocycles. The van der Waals surface area contributed by atoms with Crippen molar-refractivity contribution < 1.29 is 4.42 Å². The Balaban J connectivity index is 1.73. The fourth-order valence-corrected chi connectivity index (χ4v) is 2.63. The van der Waals surface area contributed by atoms with E-state index in [4.69, 9.17) is 16.0 Å². The van der Waals surface area contributed by atoms with E-state index in [0.29, 0.717) is 27.2 Å². The lowest BCUT2D eigenvalue weighted by atomic mass is 10.2. The topological polar surface area (TPSA) is 82.9 Å². The van der Waals surface area contributed by atoms with Crippen LogP contribution in [-0.2, 0) is 6.54 Å². The molecule has 0 bridgehead atoms. The predicted molar refractivity (Wildman–Crippen MR) is 92.2 cm³/mol. The van der Waals surface area contributed by atoms with Crippen molar-refractivity contribution in [3.05, 3.63) is 86.1 Å². The van der Waals surface area contributed by atoms with E-state index in [9.17, 15) is 9.59 Å². The quantitative estimate of drug-likeness (QED) is 0.563. The summed E-state index contributed by atoms with van der Waals surface area (Å²) in [6.45, 7) is -0.0282. The van der Waals surface area contributed by atoms with E-state index in [-0.39, 0.29) is 12.0 Å². The number of benzene rings is 2. The summed E-state index contributed by atoms with van der Waals surface area (Å²) in [5.74, 6) is 0. The lowest BCUT2D eigenvalue weighted by Gasteiger charge is -2.01. The first-order valence-electron chi connectivity index (χ1n) is 7.42. The number of halogens is 1. The van der Waals surface area contributed by atoms with Crippen LogP contribution in [0.4, 0.5) is 0 Å². The normalized spacial score (nSPS) is 11.1. The Labute approximate surface area is 145 Å². The lowest BCUT2D eigenvalue weighted by molar-refractivity contribution is 0.568. The monoisotopic (exact) mass is 354 g/mol. The van der Waals surface area contributed by atoms with Crippen molar-refractivity contribution in [3.8, 4) is 5.69 Å². The third kappa shape index (κ3) is 2.74. The summed E-state index contributed by atoms with van der Waals surface area (Å²) < 4.78 is 7.70. The van der Waals surface area contributed by atoms with Gasteiger partial charge in [-0.15, -0.1) is 0 Å². The maximum atomic E-state index is 12.5. The Kier molecular flexibility index (Phi) is 3.70. The Morgan fingerprint density at radius 2 is 1.76 bits per heavy atom. The summed E-state index contributed by atoms with van der Waals surface area (Å²) in [5.41, 5.74) is 0.688. The minimum absolute atomic E-state index is 0.0282. The molecular formula is C17H11ClN4O3. The highest BCUT2D eigenvalue weighted by Crippen LogP contribution is 2.12. The van der Waals surface area contributed by atoms with Gasteiger partial charge in [0.05, 0.1) is 23.2 Å². The molecule has 0 atom stereocenters. The molecule has 0 aliphatic rings. The number of rotatable bonds is 3. The van der Waals surface area contributed by atoms with Gasteiger partial charge in [0.25, 0.3) is 0 Å². The second kappa shape index (κ2) is 6.03. The van der Waals surface area contributed by atoms with E-state index >= 15 is 0 Å². The fraction of sp³-hybridized carbons (Fsp3) is 0.0588. The van der Waals surface area contributed by atoms with Gasteiger partial charge in [-0.1, -0.05) is 23.7 Å². The van der Waals surface area contributed by atoms with Crippen LogP contribution in [0.3, 0.4) is 0 Å². The highest BCUT2D eigenvalue weighted by molar-refractivity contribution is 6.30. The summed E-state index contributed by atoms with van der Waals surface area (Å²) >= 11 is 5.84. The molecule has 0 spiro atoms. The van der Waals surface area contributed by atoms with Gasteiger partial charge in [0.2, 0.25) is 0 Å². The van der Waals surface area contributed by atoms with Crippen LogP contribution < -0.4 is 11.1 Å². The smallest absolute Gasteiger partial charge is 0.368 e. The number of tetrazole rings is 1. The molecule has 4 rings (SSSR count). The maximum absolute atomic E-state index is 12.5. The SMILES string of the molecule is O=c1c(Cn2nnn(-c3ccc(Cl)cc3)c2=O)coc2ccccc12.